The summed E-state index contributed by atoms with van der Waals surface area (Å²) in [5.74, 6) is 2.66. The highest BCUT2D eigenvalue weighted by molar-refractivity contribution is 6.55. The van der Waals surface area contributed by atoms with Gasteiger partial charge < -0.3 is 23.8 Å². The van der Waals surface area contributed by atoms with E-state index in [1.54, 1.807) is 0 Å². The lowest BCUT2D eigenvalue weighted by molar-refractivity contribution is 0.106. The van der Waals surface area contributed by atoms with Gasteiger partial charge in [-0.25, -0.2) is 0 Å². The third-order valence-corrected chi connectivity index (χ3v) is 17.5. The monoisotopic (exact) mass is 1110 g/mol. The number of hydrogen-bond donors (Lipinski definition) is 0. The summed E-state index contributed by atoms with van der Waals surface area (Å²) in [7, 11) is 2.11. The number of unbranched alkanes of at least 4 members (excludes halogenated alkanes) is 36. The Balaban J connectivity index is 1.45. The van der Waals surface area contributed by atoms with Crippen LogP contribution < -0.4 is 23.8 Å². The summed E-state index contributed by atoms with van der Waals surface area (Å²) in [6.07, 6.45) is 52.6. The summed E-state index contributed by atoms with van der Waals surface area (Å²) in [6, 6.07) is 16.9. The molecule has 3 aromatic rings. The van der Waals surface area contributed by atoms with Gasteiger partial charge in [-0.1, -0.05) is 291 Å². The molecule has 5 rings (SSSR count). The Hall–Kier alpha value is -4.26. The molecule has 3 aromatic carbocycles. The number of anilines is 1. The summed E-state index contributed by atoms with van der Waals surface area (Å²) in [5.41, 5.74) is 6.67. The molecule has 1 heterocycles. The predicted octanol–water partition coefficient (Wildman–Crippen LogP) is 22.8. The fourth-order valence-corrected chi connectivity index (χ4v) is 12.2. The highest BCUT2D eigenvalue weighted by atomic mass is 16.5. The van der Waals surface area contributed by atoms with E-state index in [4.69, 9.17) is 23.9 Å². The molecule has 0 atom stereocenters. The van der Waals surface area contributed by atoms with E-state index < -0.39 is 0 Å². The third kappa shape index (κ3) is 23.7. The largest absolute Gasteiger partial charge is 0.490 e. The van der Waals surface area contributed by atoms with Crippen LogP contribution in [0.2, 0.25) is 0 Å². The number of Topliss-reactive ketones (excluding diaryl/α,β-unsaturated/α-hetero) is 1. The first-order chi connectivity index (χ1) is 39.8. The topological polar surface area (TPSA) is 69.6 Å². The number of benzene rings is 3. The van der Waals surface area contributed by atoms with E-state index in [1.807, 2.05) is 12.3 Å². The Kier molecular flexibility index (Phi) is 34.1. The van der Waals surface area contributed by atoms with E-state index in [-0.39, 0.29) is 11.2 Å². The molecule has 7 nitrogen and oxygen atoms in total. The minimum Gasteiger partial charge on any atom is -0.490 e. The average Bonchev–Trinajstić information content (AvgIpc) is 3.96. The van der Waals surface area contributed by atoms with Crippen LogP contribution in [0.3, 0.4) is 0 Å². The minimum absolute atomic E-state index is 0.116. The first kappa shape index (κ1) is 67.5. The summed E-state index contributed by atoms with van der Waals surface area (Å²) in [5, 5.41) is 0. The molecule has 0 saturated carbocycles. The zero-order valence-corrected chi connectivity index (χ0v) is 53.2. The van der Waals surface area contributed by atoms with Crippen molar-refractivity contribution in [3.8, 4) is 34.1 Å². The van der Waals surface area contributed by atoms with Crippen LogP contribution in [0.25, 0.3) is 11.1 Å². The quantitative estimate of drug-likeness (QED) is 0.0525. The van der Waals surface area contributed by atoms with Crippen molar-refractivity contribution < 1.29 is 23.7 Å². The first-order valence-electron chi connectivity index (χ1n) is 34.3. The maximum atomic E-state index is 15.4. The van der Waals surface area contributed by atoms with Gasteiger partial charge in [0.1, 0.15) is 5.71 Å². The molecule has 7 heteroatoms. The number of carbonyl (C=O) groups excluding carboxylic acids is 1. The van der Waals surface area contributed by atoms with Gasteiger partial charge in [0.15, 0.2) is 23.0 Å². The van der Waals surface area contributed by atoms with Crippen LogP contribution in [-0.2, 0) is 5.41 Å². The Morgan fingerprint density at radius 2 is 0.679 bits per heavy atom. The van der Waals surface area contributed by atoms with Crippen LogP contribution >= 0.6 is 0 Å². The number of allylic oxidation sites excluding steroid dienone is 1. The second-order valence-electron chi connectivity index (χ2n) is 24.8. The predicted molar refractivity (Wildman–Crippen MR) is 348 cm³/mol. The smallest absolute Gasteiger partial charge is 0.212 e. The van der Waals surface area contributed by atoms with Crippen LogP contribution in [0.5, 0.6) is 23.0 Å². The lowest BCUT2D eigenvalue weighted by Crippen LogP contribution is -2.25. The lowest BCUT2D eigenvalue weighted by atomic mass is 9.82. The molecule has 2 aliphatic rings. The number of fused-ring (bicyclic) bond motifs is 4. The van der Waals surface area contributed by atoms with E-state index in [0.717, 1.165) is 85.2 Å². The highest BCUT2D eigenvalue weighted by Gasteiger charge is 2.39. The van der Waals surface area contributed by atoms with Gasteiger partial charge in [0.2, 0.25) is 5.78 Å². The Morgan fingerprint density at radius 3 is 1.01 bits per heavy atom. The Bertz CT molecular complexity index is 2240. The van der Waals surface area contributed by atoms with Gasteiger partial charge in [0.05, 0.1) is 26.4 Å². The second kappa shape index (κ2) is 40.9. The number of aliphatic imine (C=N–C) groups is 1. The molecule has 0 amide bonds. The fraction of sp³-hybridized carbons (Fsp3) is 0.703. The summed E-state index contributed by atoms with van der Waals surface area (Å²) < 4.78 is 27.1. The van der Waals surface area contributed by atoms with Crippen LogP contribution in [0.15, 0.2) is 65.4 Å². The molecule has 0 aromatic heterocycles. The minimum atomic E-state index is -0.306. The van der Waals surface area contributed by atoms with Crippen molar-refractivity contribution in [3.05, 3.63) is 77.1 Å². The Morgan fingerprint density at radius 1 is 0.395 bits per heavy atom. The van der Waals surface area contributed by atoms with Crippen LogP contribution in [0.4, 0.5) is 5.69 Å². The van der Waals surface area contributed by atoms with Crippen LogP contribution in [-0.4, -0.2) is 45.0 Å². The number of likely N-dealkylation sites (N-methyl/N-ethyl adjacent to an activating group) is 1. The number of hydrogen-bond acceptors (Lipinski definition) is 7. The molecule has 0 saturated heterocycles. The van der Waals surface area contributed by atoms with Gasteiger partial charge in [0, 0.05) is 41.2 Å². The van der Waals surface area contributed by atoms with Crippen LogP contribution in [0, 0.1) is 0 Å². The molecule has 0 unspecified atom stereocenters. The van der Waals surface area contributed by atoms with E-state index >= 15 is 4.79 Å². The van der Waals surface area contributed by atoms with Gasteiger partial charge in [-0.2, -0.15) is 0 Å². The molecular formula is C74H118N2O5. The van der Waals surface area contributed by atoms with Crippen molar-refractivity contribution in [1.82, 2.24) is 0 Å². The molecule has 0 spiro atoms. The van der Waals surface area contributed by atoms with E-state index in [9.17, 15) is 0 Å². The maximum absolute atomic E-state index is 15.4. The van der Waals surface area contributed by atoms with Gasteiger partial charge in [0.25, 0.3) is 0 Å². The normalized spacial score (nSPS) is 14.5. The highest BCUT2D eigenvalue weighted by Crippen LogP contribution is 2.48. The summed E-state index contributed by atoms with van der Waals surface area (Å²) >= 11 is 0. The van der Waals surface area contributed by atoms with Crippen molar-refractivity contribution in [2.75, 3.05) is 38.4 Å². The van der Waals surface area contributed by atoms with Crippen molar-refractivity contribution in [1.29, 1.82) is 0 Å². The molecular weight excluding hydrogens is 997 g/mol. The molecule has 0 bridgehead atoms. The first-order valence-corrected chi connectivity index (χ1v) is 34.3. The van der Waals surface area contributed by atoms with E-state index in [0.29, 0.717) is 55.0 Å². The van der Waals surface area contributed by atoms with Crippen LogP contribution in [0.1, 0.15) is 320 Å². The van der Waals surface area contributed by atoms with Gasteiger partial charge in [-0.15, -0.1) is 0 Å². The number of ketones is 1. The van der Waals surface area contributed by atoms with Crippen molar-refractivity contribution >= 4 is 17.2 Å². The molecule has 0 fully saturated rings. The van der Waals surface area contributed by atoms with Crippen molar-refractivity contribution in [3.63, 3.8) is 0 Å². The molecule has 1 aliphatic carbocycles. The number of ether oxygens (including phenoxy) is 4. The van der Waals surface area contributed by atoms with E-state index in [2.05, 4.69) is 96.0 Å². The fourth-order valence-electron chi connectivity index (χ4n) is 12.2. The third-order valence-electron chi connectivity index (χ3n) is 17.5. The van der Waals surface area contributed by atoms with Crippen molar-refractivity contribution in [2.45, 2.75) is 304 Å². The molecule has 454 valence electrons. The molecule has 0 N–H and O–H groups in total. The maximum Gasteiger partial charge on any atom is 0.212 e. The SMILES string of the molecule is CCCCCCCCCCCCOc1cc2c(cc1OCCCCCCCCCCCC)-c1cc(OCCCCCCCCCCCC)c(OCCCCCCCCCCCC)cc1C(=N/C=C1/N(C)c3ccccc3C1(C)C)C2=O. The zero-order chi connectivity index (χ0) is 57.6. The van der Waals surface area contributed by atoms with Gasteiger partial charge in [-0.05, 0) is 72.7 Å². The zero-order valence-electron chi connectivity index (χ0n) is 53.2. The van der Waals surface area contributed by atoms with Gasteiger partial charge in [-0.3, -0.25) is 9.79 Å². The number of rotatable bonds is 49. The molecule has 0 radical (unpaired) electrons. The molecule has 1 aliphatic heterocycles. The van der Waals surface area contributed by atoms with Crippen molar-refractivity contribution in [2.24, 2.45) is 4.99 Å². The summed E-state index contributed by atoms with van der Waals surface area (Å²) in [6.45, 7) is 16.1. The standard InChI is InChI=1S/C74H118N2O5/c1-8-12-16-20-24-28-32-36-40-46-52-78-67-56-61-62-57-68(79-53-47-41-37-33-29-25-21-17-13-9-2)70(81-55-49-43-39-35-31-27-23-19-15-11-4)59-64(62)73(77)72(75-60-71-74(5,6)65-50-44-45-51-66(65)76(71)7)63(61)58-69(67)80-54-48-42-38-34-30-26-22-18-14-10-3/h44-45,50-51,56-60H,8-43,46-49,52-55H2,1-7H3/b71-60+,75-72?. The number of nitrogens with zero attached hydrogens (tertiary/aromatic N) is 2. The Labute approximate surface area is 497 Å². The average molecular weight is 1120 g/mol. The molecule has 81 heavy (non-hydrogen) atoms. The summed E-state index contributed by atoms with van der Waals surface area (Å²) in [4.78, 5) is 22.9. The van der Waals surface area contributed by atoms with E-state index in [1.165, 1.54) is 211 Å². The lowest BCUT2D eigenvalue weighted by Gasteiger charge is -2.26. The second-order valence-corrected chi connectivity index (χ2v) is 24.8. The number of carbonyl (C=O) groups is 1. The number of para-hydroxylation sites is 1. The van der Waals surface area contributed by atoms with Gasteiger partial charge >= 0.3 is 0 Å².